The molecule has 0 saturated carbocycles. The predicted octanol–water partition coefficient (Wildman–Crippen LogP) is 1.74. The van der Waals surface area contributed by atoms with Crippen molar-refractivity contribution in [3.8, 4) is 0 Å². The van der Waals surface area contributed by atoms with Gasteiger partial charge in [0, 0.05) is 0 Å². The second-order valence-electron chi connectivity index (χ2n) is 1.51. The van der Waals surface area contributed by atoms with Crippen molar-refractivity contribution in [2.45, 2.75) is 13.8 Å². The van der Waals surface area contributed by atoms with Gasteiger partial charge in [0.2, 0.25) is 0 Å². The Bertz CT molecular complexity index is 74.5. The molecular formula is C5H10Cl2Ga. The van der Waals surface area contributed by atoms with E-state index in [1.165, 1.54) is 0 Å². The van der Waals surface area contributed by atoms with Crippen LogP contribution in [0.15, 0.2) is 11.6 Å². The zero-order valence-corrected chi connectivity index (χ0v) is 5.85. The average Bonchev–Trinajstić information content (AvgIpc) is 1.27. The van der Waals surface area contributed by atoms with E-state index in [9.17, 15) is 0 Å². The first-order chi connectivity index (χ1) is 3.13. The van der Waals surface area contributed by atoms with Crippen LogP contribution in [0.25, 0.3) is 0 Å². The molecule has 0 heterocycles. The van der Waals surface area contributed by atoms with Crippen molar-refractivity contribution in [1.29, 1.82) is 0 Å². The van der Waals surface area contributed by atoms with Crippen LogP contribution in [0.3, 0.4) is 0 Å². The first-order valence-electron chi connectivity index (χ1n) is 1.96. The van der Waals surface area contributed by atoms with Crippen LogP contribution in [-0.4, -0.2) is 19.8 Å². The number of halogens is 2. The second kappa shape index (κ2) is 6.08. The number of hydrogen-bond acceptors (Lipinski definition) is 0. The molecule has 0 nitrogen and oxygen atoms in total. The predicted molar refractivity (Wildman–Crippen MR) is 44.3 cm³/mol. The zero-order chi connectivity index (χ0) is 5.86. The maximum atomic E-state index is 5.28. The molecule has 0 bridgehead atoms. The summed E-state index contributed by atoms with van der Waals surface area (Å²) in [6, 6.07) is 0. The topological polar surface area (TPSA) is 0 Å². The molecule has 1 radical (unpaired) electrons. The van der Waals surface area contributed by atoms with Gasteiger partial charge in [-0.05, 0) is 19.9 Å². The molecule has 0 rings (SSSR count). The van der Waals surface area contributed by atoms with E-state index in [1.807, 2.05) is 13.8 Å². The number of rotatable bonds is 1. The zero-order valence-electron chi connectivity index (χ0n) is 4.33. The van der Waals surface area contributed by atoms with E-state index in [0.717, 1.165) is 5.57 Å². The van der Waals surface area contributed by atoms with Gasteiger partial charge < -0.3 is 0 Å². The molecular weight excluding hydrogens is 201 g/mol. The fourth-order valence-corrected chi connectivity index (χ4v) is 0.655. The second-order valence-corrected chi connectivity index (χ2v) is 2.52. The molecule has 3 heteroatoms. The molecule has 0 atom stereocenters. The summed E-state index contributed by atoms with van der Waals surface area (Å²) >= 11 is 10.6. The molecule has 0 N–H and O–H groups in total. The summed E-state index contributed by atoms with van der Waals surface area (Å²) in [5.74, 6) is 0. The van der Waals surface area contributed by atoms with Gasteiger partial charge in [0.1, 0.15) is 0 Å². The van der Waals surface area contributed by atoms with Crippen molar-refractivity contribution in [3.05, 3.63) is 16.5 Å². The third-order valence-corrected chi connectivity index (χ3v) is 0.616. The van der Waals surface area contributed by atoms with Crippen LogP contribution in [0, 0.1) is 4.84 Å². The van der Waals surface area contributed by atoms with Gasteiger partial charge in [-0.2, -0.15) is 0 Å². The Morgan fingerprint density at radius 1 is 1.25 bits per heavy atom. The average molecular weight is 211 g/mol. The molecule has 0 amide bonds. The van der Waals surface area contributed by atoms with Crippen molar-refractivity contribution in [1.82, 2.24) is 0 Å². The van der Waals surface area contributed by atoms with Crippen molar-refractivity contribution in [2.24, 2.45) is 0 Å². The Labute approximate surface area is 73.3 Å². The molecule has 47 valence electrons. The minimum atomic E-state index is 0. The van der Waals surface area contributed by atoms with Crippen LogP contribution in [-0.2, 0) is 0 Å². The van der Waals surface area contributed by atoms with E-state index in [0.29, 0.717) is 4.84 Å². The van der Waals surface area contributed by atoms with E-state index in [2.05, 4.69) is 0 Å². The molecule has 0 aliphatic rings. The van der Waals surface area contributed by atoms with Crippen LogP contribution in [0.2, 0.25) is 0 Å². The standard InChI is InChI=1S/C5H7Cl2.Ga.3H/c1-4(2)3-5(6)7;;;;/h3H,1-2H3;;;;. The Balaban J connectivity index is 0. The van der Waals surface area contributed by atoms with Crippen molar-refractivity contribution >= 4 is 43.0 Å². The Morgan fingerprint density at radius 2 is 1.62 bits per heavy atom. The van der Waals surface area contributed by atoms with E-state index in [1.54, 1.807) is 6.08 Å². The summed E-state index contributed by atoms with van der Waals surface area (Å²) in [6.07, 6.45) is 1.70. The van der Waals surface area contributed by atoms with Gasteiger partial charge in [-0.1, -0.05) is 28.8 Å². The molecule has 0 unspecified atom stereocenters. The van der Waals surface area contributed by atoms with Crippen molar-refractivity contribution in [2.75, 3.05) is 0 Å². The summed E-state index contributed by atoms with van der Waals surface area (Å²) in [5, 5.41) is 0. The maximum absolute atomic E-state index is 5.28. The molecule has 0 aliphatic carbocycles. The fraction of sp³-hybridized carbons (Fsp3) is 0.400. The molecule has 0 aliphatic heterocycles. The Hall–Kier alpha value is 0.956. The molecule has 8 heavy (non-hydrogen) atoms. The van der Waals surface area contributed by atoms with Crippen LogP contribution < -0.4 is 0 Å². The van der Waals surface area contributed by atoms with Crippen molar-refractivity contribution in [3.63, 3.8) is 0 Å². The number of allylic oxidation sites excluding steroid dienone is 2. The van der Waals surface area contributed by atoms with Crippen molar-refractivity contribution < 1.29 is 0 Å². The van der Waals surface area contributed by atoms with Gasteiger partial charge in [0.15, 0.2) is 4.84 Å². The van der Waals surface area contributed by atoms with Crippen LogP contribution in [0.5, 0.6) is 0 Å². The van der Waals surface area contributed by atoms with E-state index < -0.39 is 0 Å². The first kappa shape index (κ1) is 11.7. The molecule has 0 spiro atoms. The third kappa shape index (κ3) is 10.0. The molecule has 0 aromatic carbocycles. The molecule has 0 aromatic heterocycles. The SMILES string of the molecule is CC(C)=C[C](Cl)Cl.[GaH3]. The summed E-state index contributed by atoms with van der Waals surface area (Å²) in [7, 11) is 0. The van der Waals surface area contributed by atoms with Gasteiger partial charge in [-0.15, -0.1) is 0 Å². The van der Waals surface area contributed by atoms with Crippen LogP contribution in [0.4, 0.5) is 0 Å². The molecule has 0 fully saturated rings. The van der Waals surface area contributed by atoms with Gasteiger partial charge in [-0.25, -0.2) is 0 Å². The van der Waals surface area contributed by atoms with Crippen LogP contribution >= 0.6 is 23.2 Å². The van der Waals surface area contributed by atoms with Gasteiger partial charge >= 0.3 is 19.8 Å². The van der Waals surface area contributed by atoms with Crippen LogP contribution in [0.1, 0.15) is 13.8 Å². The normalized spacial score (nSPS) is 8.12. The monoisotopic (exact) mass is 209 g/mol. The minimum absolute atomic E-state index is 0. The first-order valence-corrected chi connectivity index (χ1v) is 2.71. The Morgan fingerprint density at radius 3 is 1.62 bits per heavy atom. The van der Waals surface area contributed by atoms with Gasteiger partial charge in [-0.3, -0.25) is 0 Å². The van der Waals surface area contributed by atoms with E-state index in [-0.39, 0.29) is 19.8 Å². The van der Waals surface area contributed by atoms with E-state index in [4.69, 9.17) is 23.2 Å². The molecule has 0 saturated heterocycles. The van der Waals surface area contributed by atoms with Gasteiger partial charge in [0.05, 0.1) is 0 Å². The summed E-state index contributed by atoms with van der Waals surface area (Å²) in [4.78, 5) is 0.319. The summed E-state index contributed by atoms with van der Waals surface area (Å²) in [5.41, 5.74) is 1.11. The quantitative estimate of drug-likeness (QED) is 0.579. The Kier molecular flexibility index (Phi) is 8.91. The third-order valence-electron chi connectivity index (χ3n) is 0.398. The number of hydrogen-bond donors (Lipinski definition) is 0. The fourth-order valence-electron chi connectivity index (χ4n) is 0.218. The summed E-state index contributed by atoms with van der Waals surface area (Å²) in [6.45, 7) is 3.87. The summed E-state index contributed by atoms with van der Waals surface area (Å²) < 4.78 is 0. The van der Waals surface area contributed by atoms with E-state index >= 15 is 0 Å². The molecule has 0 aromatic rings. The van der Waals surface area contributed by atoms with Gasteiger partial charge in [0.25, 0.3) is 0 Å².